The predicted molar refractivity (Wildman–Crippen MR) is 116 cm³/mol. The van der Waals surface area contributed by atoms with Gasteiger partial charge in [-0.1, -0.05) is 36.7 Å². The van der Waals surface area contributed by atoms with Crippen LogP contribution < -0.4 is 14.2 Å². The van der Waals surface area contributed by atoms with Crippen molar-refractivity contribution >= 4 is 40.6 Å². The van der Waals surface area contributed by atoms with Crippen LogP contribution in [0.2, 0.25) is 5.02 Å². The number of thioether (sulfide) groups is 1. The zero-order valence-electron chi connectivity index (χ0n) is 16.5. The minimum atomic E-state index is -0.364. The number of nitrogens with zero attached hydrogens (tertiary/aromatic N) is 1. The molecule has 0 aliphatic carbocycles. The first-order chi connectivity index (χ1) is 14.5. The van der Waals surface area contributed by atoms with Gasteiger partial charge in [0.2, 0.25) is 6.79 Å². The summed E-state index contributed by atoms with van der Waals surface area (Å²) >= 11 is 7.21. The highest BCUT2D eigenvalue weighted by atomic mass is 35.5. The first-order valence-corrected chi connectivity index (χ1v) is 10.7. The molecule has 1 atom stereocenters. The van der Waals surface area contributed by atoms with Gasteiger partial charge >= 0.3 is 0 Å². The van der Waals surface area contributed by atoms with Crippen molar-refractivity contribution in [3.63, 3.8) is 0 Å². The third-order valence-corrected chi connectivity index (χ3v) is 6.11. The lowest BCUT2D eigenvalue weighted by Crippen LogP contribution is -2.27. The highest BCUT2D eigenvalue weighted by molar-refractivity contribution is 8.18. The molecule has 30 heavy (non-hydrogen) atoms. The van der Waals surface area contributed by atoms with Gasteiger partial charge in [0.15, 0.2) is 11.5 Å². The summed E-state index contributed by atoms with van der Waals surface area (Å²) in [6, 6.07) is 10.8. The molecular weight excluding hydrogens is 426 g/mol. The standard InChI is InChI=1S/C22H20ClNO5S/c1-3-13(2)29-17-7-5-4-6-14(17)9-20-21(25)24(22(26)30-20)11-15-8-18-19(10-16(15)23)28-12-27-18/h4-10,13H,3,11-12H2,1-2H3/b20-9+/t13-/m0/s1. The molecule has 1 fully saturated rings. The maximum Gasteiger partial charge on any atom is 0.293 e. The van der Waals surface area contributed by atoms with Gasteiger partial charge in [0.05, 0.1) is 17.6 Å². The average molecular weight is 446 g/mol. The summed E-state index contributed by atoms with van der Waals surface area (Å²) < 4.78 is 16.6. The quantitative estimate of drug-likeness (QED) is 0.548. The number of imide groups is 1. The largest absolute Gasteiger partial charge is 0.490 e. The summed E-state index contributed by atoms with van der Waals surface area (Å²) in [5.41, 5.74) is 1.37. The van der Waals surface area contributed by atoms with Gasteiger partial charge in [-0.05, 0) is 48.9 Å². The van der Waals surface area contributed by atoms with Crippen LogP contribution in [-0.2, 0) is 11.3 Å². The summed E-state index contributed by atoms with van der Waals surface area (Å²) in [5.74, 6) is 1.42. The summed E-state index contributed by atoms with van der Waals surface area (Å²) in [5, 5.41) is 0.0647. The molecule has 2 aromatic carbocycles. The first kappa shape index (κ1) is 20.6. The van der Waals surface area contributed by atoms with Crippen molar-refractivity contribution in [1.29, 1.82) is 0 Å². The summed E-state index contributed by atoms with van der Waals surface area (Å²) in [6.07, 6.45) is 2.60. The number of carbonyl (C=O) groups excluding carboxylic acids is 2. The lowest BCUT2D eigenvalue weighted by atomic mass is 10.1. The highest BCUT2D eigenvalue weighted by Gasteiger charge is 2.36. The van der Waals surface area contributed by atoms with E-state index in [1.807, 2.05) is 38.1 Å². The molecule has 2 aliphatic rings. The Labute approximate surface area is 183 Å². The van der Waals surface area contributed by atoms with Crippen molar-refractivity contribution in [3.05, 3.63) is 57.5 Å². The van der Waals surface area contributed by atoms with E-state index in [2.05, 4.69) is 0 Å². The van der Waals surface area contributed by atoms with E-state index in [1.54, 1.807) is 18.2 Å². The van der Waals surface area contributed by atoms with Gasteiger partial charge in [0, 0.05) is 16.7 Å². The molecule has 8 heteroatoms. The van der Waals surface area contributed by atoms with Crippen LogP contribution >= 0.6 is 23.4 Å². The number of halogens is 1. The van der Waals surface area contributed by atoms with Crippen LogP contribution in [0.4, 0.5) is 4.79 Å². The van der Waals surface area contributed by atoms with Gasteiger partial charge in [-0.15, -0.1) is 0 Å². The summed E-state index contributed by atoms with van der Waals surface area (Å²) in [6.45, 7) is 4.21. The van der Waals surface area contributed by atoms with Crippen molar-refractivity contribution < 1.29 is 23.8 Å². The van der Waals surface area contributed by atoms with Gasteiger partial charge in [-0.2, -0.15) is 0 Å². The van der Waals surface area contributed by atoms with Gasteiger partial charge in [0.1, 0.15) is 5.75 Å². The second-order valence-electron chi connectivity index (χ2n) is 6.94. The number of fused-ring (bicyclic) bond motifs is 1. The molecule has 1 saturated heterocycles. The molecule has 2 heterocycles. The summed E-state index contributed by atoms with van der Waals surface area (Å²) in [7, 11) is 0. The Morgan fingerprint density at radius 3 is 2.73 bits per heavy atom. The number of rotatable bonds is 6. The number of hydrogen-bond donors (Lipinski definition) is 0. The van der Waals surface area contributed by atoms with Gasteiger partial charge in [-0.25, -0.2) is 0 Å². The zero-order valence-corrected chi connectivity index (χ0v) is 18.1. The second-order valence-corrected chi connectivity index (χ2v) is 8.34. The van der Waals surface area contributed by atoms with E-state index in [-0.39, 0.29) is 30.6 Å². The lowest BCUT2D eigenvalue weighted by molar-refractivity contribution is -0.123. The van der Waals surface area contributed by atoms with E-state index < -0.39 is 0 Å². The second kappa shape index (κ2) is 8.62. The predicted octanol–water partition coefficient (Wildman–Crippen LogP) is 5.48. The highest BCUT2D eigenvalue weighted by Crippen LogP contribution is 2.39. The molecule has 0 saturated carbocycles. The van der Waals surface area contributed by atoms with Gasteiger partial charge < -0.3 is 14.2 Å². The third-order valence-electron chi connectivity index (χ3n) is 4.85. The first-order valence-electron chi connectivity index (χ1n) is 9.55. The minimum absolute atomic E-state index is 0.0442. The van der Waals surface area contributed by atoms with E-state index in [0.717, 1.165) is 23.7 Å². The number of hydrogen-bond acceptors (Lipinski definition) is 6. The maximum atomic E-state index is 12.9. The number of carbonyl (C=O) groups is 2. The number of amides is 2. The molecule has 156 valence electrons. The normalized spacial score (nSPS) is 17.7. The fraction of sp³-hybridized carbons (Fsp3) is 0.273. The third kappa shape index (κ3) is 4.13. The van der Waals surface area contributed by atoms with Crippen LogP contribution in [-0.4, -0.2) is 28.9 Å². The van der Waals surface area contributed by atoms with E-state index >= 15 is 0 Å². The van der Waals surface area contributed by atoms with Crippen molar-refractivity contribution in [2.45, 2.75) is 32.9 Å². The molecule has 6 nitrogen and oxygen atoms in total. The molecule has 0 radical (unpaired) electrons. The van der Waals surface area contributed by atoms with Crippen molar-refractivity contribution in [2.24, 2.45) is 0 Å². The van der Waals surface area contributed by atoms with Gasteiger partial charge in [-0.3, -0.25) is 14.5 Å². The van der Waals surface area contributed by atoms with Gasteiger partial charge in [0.25, 0.3) is 11.1 Å². The Balaban J connectivity index is 1.57. The van der Waals surface area contributed by atoms with Crippen LogP contribution in [0.5, 0.6) is 17.2 Å². The SMILES string of the molecule is CC[C@H](C)Oc1ccccc1/C=C1/SC(=O)N(Cc2cc3c(cc2Cl)OCO3)C1=O. The molecule has 0 spiro atoms. The summed E-state index contributed by atoms with van der Waals surface area (Å²) in [4.78, 5) is 27.0. The fourth-order valence-corrected chi connectivity index (χ4v) is 4.08. The molecule has 0 N–H and O–H groups in total. The Bertz CT molecular complexity index is 1040. The number of ether oxygens (including phenoxy) is 3. The Kier molecular flexibility index (Phi) is 5.92. The molecule has 2 aromatic rings. The minimum Gasteiger partial charge on any atom is -0.490 e. The van der Waals surface area contributed by atoms with Crippen LogP contribution in [0.1, 0.15) is 31.4 Å². The topological polar surface area (TPSA) is 65.1 Å². The van der Waals surface area contributed by atoms with E-state index in [9.17, 15) is 9.59 Å². The fourth-order valence-electron chi connectivity index (χ4n) is 3.04. The lowest BCUT2D eigenvalue weighted by Gasteiger charge is -2.15. The van der Waals surface area contributed by atoms with Crippen molar-refractivity contribution in [1.82, 2.24) is 4.90 Å². The Morgan fingerprint density at radius 2 is 1.97 bits per heavy atom. The van der Waals surface area contributed by atoms with Crippen LogP contribution in [0.25, 0.3) is 6.08 Å². The number of benzene rings is 2. The molecule has 0 bridgehead atoms. The van der Waals surface area contributed by atoms with E-state index in [0.29, 0.717) is 32.7 Å². The van der Waals surface area contributed by atoms with E-state index in [4.69, 9.17) is 25.8 Å². The molecule has 0 aromatic heterocycles. The average Bonchev–Trinajstić information content (AvgIpc) is 3.28. The van der Waals surface area contributed by atoms with E-state index in [1.165, 1.54) is 4.90 Å². The molecule has 0 unspecified atom stereocenters. The maximum absolute atomic E-state index is 12.9. The van der Waals surface area contributed by atoms with Crippen LogP contribution in [0.15, 0.2) is 41.3 Å². The van der Waals surface area contributed by atoms with Crippen molar-refractivity contribution in [3.8, 4) is 17.2 Å². The van der Waals surface area contributed by atoms with Crippen LogP contribution in [0, 0.1) is 0 Å². The smallest absolute Gasteiger partial charge is 0.293 e. The monoisotopic (exact) mass is 445 g/mol. The number of para-hydroxylation sites is 1. The molecule has 2 amide bonds. The zero-order chi connectivity index (χ0) is 21.3. The Hall–Kier alpha value is -2.64. The Morgan fingerprint density at radius 1 is 1.23 bits per heavy atom. The molecular formula is C22H20ClNO5S. The molecule has 4 rings (SSSR count). The van der Waals surface area contributed by atoms with Crippen molar-refractivity contribution in [2.75, 3.05) is 6.79 Å². The molecule has 2 aliphatic heterocycles. The van der Waals surface area contributed by atoms with Crippen LogP contribution in [0.3, 0.4) is 0 Å².